The average Bonchev–Trinajstić information content (AvgIpc) is 2.37. The summed E-state index contributed by atoms with van der Waals surface area (Å²) in [5, 5.41) is 11.5. The number of aliphatic hydroxyl groups excluding tert-OH is 1. The topological polar surface area (TPSA) is 58.3 Å². The van der Waals surface area contributed by atoms with Gasteiger partial charge in [0, 0.05) is 13.1 Å². The zero-order chi connectivity index (χ0) is 8.10. The first-order chi connectivity index (χ1) is 5.34. The Balaban J connectivity index is 2.32. The summed E-state index contributed by atoms with van der Waals surface area (Å²) >= 11 is 0. The highest BCUT2D eigenvalue weighted by molar-refractivity contribution is 5.03. The van der Waals surface area contributed by atoms with Crippen LogP contribution in [0.2, 0.25) is 0 Å². The third kappa shape index (κ3) is 2.32. The minimum absolute atomic E-state index is 0.150. The summed E-state index contributed by atoms with van der Waals surface area (Å²) in [6.07, 6.45) is 1.42. The molecule has 0 atom stereocenters. The number of nitrogens with zero attached hydrogens (tertiary/aromatic N) is 1. The van der Waals surface area contributed by atoms with E-state index in [0.29, 0.717) is 13.1 Å². The molecule has 0 saturated carbocycles. The van der Waals surface area contributed by atoms with E-state index < -0.39 is 0 Å². The van der Waals surface area contributed by atoms with Crippen molar-refractivity contribution in [2.24, 2.45) is 0 Å². The van der Waals surface area contributed by atoms with Crippen LogP contribution >= 0.6 is 0 Å². The van der Waals surface area contributed by atoms with E-state index in [1.54, 1.807) is 0 Å². The monoisotopic (exact) mass is 156 g/mol. The van der Waals surface area contributed by atoms with Crippen molar-refractivity contribution >= 4 is 0 Å². The summed E-state index contributed by atoms with van der Waals surface area (Å²) in [6, 6.07) is 0. The summed E-state index contributed by atoms with van der Waals surface area (Å²) in [6.45, 7) is 3.26. The Bertz CT molecular complexity index is 210. The number of oxazole rings is 1. The molecule has 0 unspecified atom stereocenters. The van der Waals surface area contributed by atoms with Crippen LogP contribution in [0.25, 0.3) is 0 Å². The number of nitrogens with one attached hydrogen (secondary N) is 1. The first-order valence-corrected chi connectivity index (χ1v) is 3.55. The molecular formula is C7H12N2O2. The van der Waals surface area contributed by atoms with Gasteiger partial charge < -0.3 is 14.8 Å². The first-order valence-electron chi connectivity index (χ1n) is 3.55. The minimum atomic E-state index is 0.150. The van der Waals surface area contributed by atoms with Gasteiger partial charge in [0.15, 0.2) is 6.39 Å². The van der Waals surface area contributed by atoms with Gasteiger partial charge in [0.05, 0.1) is 12.3 Å². The van der Waals surface area contributed by atoms with Crippen LogP contribution in [-0.2, 0) is 6.54 Å². The molecule has 2 N–H and O–H groups in total. The molecule has 1 aromatic heterocycles. The second-order valence-electron chi connectivity index (χ2n) is 2.26. The van der Waals surface area contributed by atoms with Gasteiger partial charge >= 0.3 is 0 Å². The molecular weight excluding hydrogens is 144 g/mol. The minimum Gasteiger partial charge on any atom is -0.448 e. The van der Waals surface area contributed by atoms with Gasteiger partial charge in [-0.15, -0.1) is 0 Å². The Morgan fingerprint density at radius 1 is 1.73 bits per heavy atom. The van der Waals surface area contributed by atoms with Crippen LogP contribution in [0.4, 0.5) is 0 Å². The molecule has 0 saturated heterocycles. The molecule has 4 nitrogen and oxygen atoms in total. The standard InChI is InChI=1S/C7H12N2O2/c1-6-7(9-5-11-6)4-8-2-3-10/h5,8,10H,2-4H2,1H3. The fraction of sp³-hybridized carbons (Fsp3) is 0.571. The van der Waals surface area contributed by atoms with Crippen molar-refractivity contribution < 1.29 is 9.52 Å². The number of aryl methyl sites for hydroxylation is 1. The smallest absolute Gasteiger partial charge is 0.181 e. The van der Waals surface area contributed by atoms with E-state index in [1.165, 1.54) is 6.39 Å². The number of rotatable bonds is 4. The lowest BCUT2D eigenvalue weighted by molar-refractivity contribution is 0.291. The normalized spacial score (nSPS) is 10.4. The Morgan fingerprint density at radius 2 is 2.55 bits per heavy atom. The van der Waals surface area contributed by atoms with Crippen LogP contribution < -0.4 is 5.32 Å². The highest BCUT2D eigenvalue weighted by Gasteiger charge is 2.00. The van der Waals surface area contributed by atoms with Crippen LogP contribution in [0.1, 0.15) is 11.5 Å². The zero-order valence-corrected chi connectivity index (χ0v) is 6.50. The molecule has 0 fully saturated rings. The SMILES string of the molecule is Cc1ocnc1CNCCO. The van der Waals surface area contributed by atoms with Crippen molar-refractivity contribution in [3.8, 4) is 0 Å². The van der Waals surface area contributed by atoms with Crippen molar-refractivity contribution in [2.75, 3.05) is 13.2 Å². The van der Waals surface area contributed by atoms with E-state index in [0.717, 1.165) is 11.5 Å². The third-order valence-electron chi connectivity index (χ3n) is 1.43. The van der Waals surface area contributed by atoms with Crippen molar-refractivity contribution in [3.63, 3.8) is 0 Å². The lowest BCUT2D eigenvalue weighted by Crippen LogP contribution is -2.18. The lowest BCUT2D eigenvalue weighted by atomic mass is 10.3. The summed E-state index contributed by atoms with van der Waals surface area (Å²) < 4.78 is 4.98. The van der Waals surface area contributed by atoms with Crippen LogP contribution in [0.3, 0.4) is 0 Å². The quantitative estimate of drug-likeness (QED) is 0.605. The molecule has 0 amide bonds. The average molecular weight is 156 g/mol. The summed E-state index contributed by atoms with van der Waals surface area (Å²) in [5.41, 5.74) is 0.901. The van der Waals surface area contributed by atoms with Gasteiger partial charge in [-0.3, -0.25) is 0 Å². The fourth-order valence-corrected chi connectivity index (χ4v) is 0.784. The predicted octanol–water partition coefficient (Wildman–Crippen LogP) is 0.0649. The molecule has 11 heavy (non-hydrogen) atoms. The molecule has 0 aliphatic rings. The Morgan fingerprint density at radius 3 is 3.09 bits per heavy atom. The predicted molar refractivity (Wildman–Crippen MR) is 40.0 cm³/mol. The molecule has 1 rings (SSSR count). The molecule has 0 radical (unpaired) electrons. The van der Waals surface area contributed by atoms with Crippen molar-refractivity contribution in [3.05, 3.63) is 17.8 Å². The first kappa shape index (κ1) is 8.23. The van der Waals surface area contributed by atoms with E-state index in [4.69, 9.17) is 9.52 Å². The fourth-order valence-electron chi connectivity index (χ4n) is 0.784. The van der Waals surface area contributed by atoms with Crippen LogP contribution in [0.15, 0.2) is 10.8 Å². The highest BCUT2D eigenvalue weighted by atomic mass is 16.3. The van der Waals surface area contributed by atoms with E-state index in [9.17, 15) is 0 Å². The Hall–Kier alpha value is -0.870. The van der Waals surface area contributed by atoms with Crippen LogP contribution in [0.5, 0.6) is 0 Å². The maximum absolute atomic E-state index is 8.46. The van der Waals surface area contributed by atoms with Gasteiger partial charge in [-0.2, -0.15) is 0 Å². The van der Waals surface area contributed by atoms with E-state index in [2.05, 4.69) is 10.3 Å². The molecule has 0 aliphatic carbocycles. The van der Waals surface area contributed by atoms with Gasteiger partial charge in [-0.25, -0.2) is 4.98 Å². The molecule has 1 aromatic rings. The van der Waals surface area contributed by atoms with E-state index in [1.807, 2.05) is 6.92 Å². The van der Waals surface area contributed by atoms with Crippen molar-refractivity contribution in [1.82, 2.24) is 10.3 Å². The lowest BCUT2D eigenvalue weighted by Gasteiger charge is -1.98. The van der Waals surface area contributed by atoms with Gasteiger partial charge in [0.1, 0.15) is 5.76 Å². The molecule has 1 heterocycles. The molecule has 4 heteroatoms. The maximum atomic E-state index is 8.46. The van der Waals surface area contributed by atoms with Crippen molar-refractivity contribution in [2.45, 2.75) is 13.5 Å². The molecule has 0 aliphatic heterocycles. The number of hydrogen-bond acceptors (Lipinski definition) is 4. The van der Waals surface area contributed by atoms with Crippen LogP contribution in [0, 0.1) is 6.92 Å². The Kier molecular flexibility index (Phi) is 3.07. The summed E-state index contributed by atoms with van der Waals surface area (Å²) in [7, 11) is 0. The second kappa shape index (κ2) is 4.10. The van der Waals surface area contributed by atoms with Gasteiger partial charge in [-0.1, -0.05) is 0 Å². The second-order valence-corrected chi connectivity index (χ2v) is 2.26. The number of aliphatic hydroxyl groups is 1. The summed E-state index contributed by atoms with van der Waals surface area (Å²) in [5.74, 6) is 0.829. The maximum Gasteiger partial charge on any atom is 0.181 e. The number of hydrogen-bond donors (Lipinski definition) is 2. The van der Waals surface area contributed by atoms with E-state index in [-0.39, 0.29) is 6.61 Å². The molecule has 0 spiro atoms. The molecule has 0 aromatic carbocycles. The van der Waals surface area contributed by atoms with Gasteiger partial charge in [0.2, 0.25) is 0 Å². The summed E-state index contributed by atoms with van der Waals surface area (Å²) in [4.78, 5) is 3.98. The Labute approximate surface area is 65.2 Å². The van der Waals surface area contributed by atoms with Crippen molar-refractivity contribution in [1.29, 1.82) is 0 Å². The molecule has 62 valence electrons. The third-order valence-corrected chi connectivity index (χ3v) is 1.43. The zero-order valence-electron chi connectivity index (χ0n) is 6.50. The van der Waals surface area contributed by atoms with Gasteiger partial charge in [-0.05, 0) is 6.92 Å². The highest BCUT2D eigenvalue weighted by Crippen LogP contribution is 2.02. The largest absolute Gasteiger partial charge is 0.448 e. The van der Waals surface area contributed by atoms with E-state index >= 15 is 0 Å². The van der Waals surface area contributed by atoms with Gasteiger partial charge in [0.25, 0.3) is 0 Å². The van der Waals surface area contributed by atoms with Crippen LogP contribution in [-0.4, -0.2) is 23.2 Å². The molecule has 0 bridgehead atoms. The number of aromatic nitrogens is 1.